The molecule has 1 N–H and O–H groups in total. The fourth-order valence-electron chi connectivity index (χ4n) is 1.54. The molecule has 0 aromatic heterocycles. The van der Waals surface area contributed by atoms with Crippen LogP contribution >= 0.6 is 11.6 Å². The first-order valence-electron chi connectivity index (χ1n) is 6.32. The van der Waals surface area contributed by atoms with Crippen molar-refractivity contribution in [2.24, 2.45) is 0 Å². The summed E-state index contributed by atoms with van der Waals surface area (Å²) in [5.41, 5.74) is 1.19. The van der Waals surface area contributed by atoms with Gasteiger partial charge in [-0.2, -0.15) is 0 Å². The first-order valence-corrected chi connectivity index (χ1v) is 6.70. The van der Waals surface area contributed by atoms with Gasteiger partial charge in [0.1, 0.15) is 11.2 Å². The standard InChI is InChI=1S/C14H17ClFNO4/c1-5-8-6-7-9(15)11(16)10(8)12(18)21-17-13(19)20-14(2,3)4/h6-7H,5H2,1-4H3,(H,17,19). The van der Waals surface area contributed by atoms with E-state index < -0.39 is 23.5 Å². The van der Waals surface area contributed by atoms with Crippen molar-refractivity contribution in [1.29, 1.82) is 0 Å². The van der Waals surface area contributed by atoms with Gasteiger partial charge in [-0.25, -0.2) is 14.0 Å². The second kappa shape index (κ2) is 6.76. The smallest absolute Gasteiger partial charge is 0.441 e. The van der Waals surface area contributed by atoms with Gasteiger partial charge in [0.15, 0.2) is 5.82 Å². The van der Waals surface area contributed by atoms with Gasteiger partial charge in [0, 0.05) is 0 Å². The summed E-state index contributed by atoms with van der Waals surface area (Å²) in [6.07, 6.45) is -0.540. The second-order valence-corrected chi connectivity index (χ2v) is 5.65. The molecule has 1 aromatic carbocycles. The van der Waals surface area contributed by atoms with Crippen LogP contribution in [-0.4, -0.2) is 17.7 Å². The Morgan fingerprint density at radius 1 is 1.33 bits per heavy atom. The number of rotatable bonds is 2. The van der Waals surface area contributed by atoms with E-state index in [9.17, 15) is 14.0 Å². The van der Waals surface area contributed by atoms with E-state index >= 15 is 0 Å². The van der Waals surface area contributed by atoms with E-state index in [4.69, 9.17) is 16.3 Å². The molecule has 116 valence electrons. The summed E-state index contributed by atoms with van der Waals surface area (Å²) in [6.45, 7) is 6.71. The Kier molecular flexibility index (Phi) is 5.54. The number of hydrogen-bond donors (Lipinski definition) is 1. The molecule has 0 aliphatic carbocycles. The van der Waals surface area contributed by atoms with Gasteiger partial charge in [-0.1, -0.05) is 24.6 Å². The number of ether oxygens (including phenoxy) is 1. The van der Waals surface area contributed by atoms with Crippen LogP contribution in [0.1, 0.15) is 43.6 Å². The molecule has 0 aliphatic heterocycles. The van der Waals surface area contributed by atoms with Crippen molar-refractivity contribution in [3.05, 3.63) is 34.1 Å². The zero-order valence-corrected chi connectivity index (χ0v) is 13.0. The highest BCUT2D eigenvalue weighted by Gasteiger charge is 2.22. The van der Waals surface area contributed by atoms with Gasteiger partial charge in [-0.3, -0.25) is 0 Å². The van der Waals surface area contributed by atoms with Crippen LogP contribution in [-0.2, 0) is 16.0 Å². The molecule has 0 atom stereocenters. The molecule has 0 aliphatic rings. The van der Waals surface area contributed by atoms with Crippen LogP contribution in [0.4, 0.5) is 9.18 Å². The lowest BCUT2D eigenvalue weighted by Gasteiger charge is -2.19. The summed E-state index contributed by atoms with van der Waals surface area (Å²) < 4.78 is 18.8. The number of aryl methyl sites for hydroxylation is 1. The Bertz CT molecular complexity index is 555. The van der Waals surface area contributed by atoms with Gasteiger partial charge < -0.3 is 9.57 Å². The van der Waals surface area contributed by atoms with Gasteiger partial charge in [-0.15, -0.1) is 5.48 Å². The Hall–Kier alpha value is -1.82. The number of halogens is 2. The molecule has 0 bridgehead atoms. The minimum Gasteiger partial charge on any atom is -0.442 e. The fourth-order valence-corrected chi connectivity index (χ4v) is 1.70. The van der Waals surface area contributed by atoms with E-state index in [1.807, 2.05) is 5.48 Å². The Morgan fingerprint density at radius 3 is 2.48 bits per heavy atom. The van der Waals surface area contributed by atoms with E-state index in [1.165, 1.54) is 12.1 Å². The van der Waals surface area contributed by atoms with Crippen molar-refractivity contribution in [3.63, 3.8) is 0 Å². The summed E-state index contributed by atoms with van der Waals surface area (Å²) in [6, 6.07) is 2.88. The van der Waals surface area contributed by atoms with Crippen LogP contribution in [0.5, 0.6) is 0 Å². The first-order chi connectivity index (χ1) is 9.65. The van der Waals surface area contributed by atoms with E-state index in [-0.39, 0.29) is 10.6 Å². The number of amides is 1. The maximum Gasteiger partial charge on any atom is 0.441 e. The third-order valence-corrected chi connectivity index (χ3v) is 2.68. The lowest BCUT2D eigenvalue weighted by Crippen LogP contribution is -2.34. The topological polar surface area (TPSA) is 64.6 Å². The largest absolute Gasteiger partial charge is 0.442 e. The summed E-state index contributed by atoms with van der Waals surface area (Å²) in [4.78, 5) is 27.8. The summed E-state index contributed by atoms with van der Waals surface area (Å²) in [5.74, 6) is -1.93. The van der Waals surface area contributed by atoms with Crippen molar-refractivity contribution in [2.75, 3.05) is 0 Å². The molecule has 7 heteroatoms. The number of hydroxylamine groups is 1. The third kappa shape index (κ3) is 4.90. The molecule has 0 spiro atoms. The van der Waals surface area contributed by atoms with Crippen LogP contribution in [0.15, 0.2) is 12.1 Å². The van der Waals surface area contributed by atoms with E-state index in [0.29, 0.717) is 12.0 Å². The van der Waals surface area contributed by atoms with Crippen LogP contribution < -0.4 is 5.48 Å². The predicted molar refractivity (Wildman–Crippen MR) is 75.6 cm³/mol. The Morgan fingerprint density at radius 2 is 1.95 bits per heavy atom. The van der Waals surface area contributed by atoms with E-state index in [1.54, 1.807) is 27.7 Å². The monoisotopic (exact) mass is 317 g/mol. The van der Waals surface area contributed by atoms with Crippen molar-refractivity contribution < 1.29 is 23.6 Å². The van der Waals surface area contributed by atoms with Crippen LogP contribution in [0.2, 0.25) is 5.02 Å². The van der Waals surface area contributed by atoms with Crippen molar-refractivity contribution in [1.82, 2.24) is 5.48 Å². The summed E-state index contributed by atoms with van der Waals surface area (Å²) in [5, 5.41) is -0.198. The normalized spacial score (nSPS) is 11.0. The number of carbonyl (C=O) groups is 2. The summed E-state index contributed by atoms with van der Waals surface area (Å²) in [7, 11) is 0. The average molecular weight is 318 g/mol. The number of hydrogen-bond acceptors (Lipinski definition) is 4. The highest BCUT2D eigenvalue weighted by atomic mass is 35.5. The van der Waals surface area contributed by atoms with Gasteiger partial charge in [0.05, 0.1) is 5.02 Å². The van der Waals surface area contributed by atoms with Crippen molar-refractivity contribution in [2.45, 2.75) is 39.7 Å². The SMILES string of the molecule is CCc1ccc(Cl)c(F)c1C(=O)ONC(=O)OC(C)(C)C. The van der Waals surface area contributed by atoms with Gasteiger partial charge in [-0.05, 0) is 38.8 Å². The summed E-state index contributed by atoms with van der Waals surface area (Å²) >= 11 is 5.64. The minimum atomic E-state index is -1.04. The van der Waals surface area contributed by atoms with Gasteiger partial charge >= 0.3 is 12.1 Å². The van der Waals surface area contributed by atoms with Gasteiger partial charge in [0.2, 0.25) is 0 Å². The maximum absolute atomic E-state index is 13.9. The molecule has 1 rings (SSSR count). The molecule has 1 amide bonds. The van der Waals surface area contributed by atoms with Gasteiger partial charge in [0.25, 0.3) is 0 Å². The highest BCUT2D eigenvalue weighted by molar-refractivity contribution is 6.31. The molecular weight excluding hydrogens is 301 g/mol. The minimum absolute atomic E-state index is 0.198. The van der Waals surface area contributed by atoms with Crippen LogP contribution in [0, 0.1) is 5.82 Å². The number of benzene rings is 1. The number of nitrogens with one attached hydrogen (secondary N) is 1. The molecule has 0 heterocycles. The van der Waals surface area contributed by atoms with Crippen LogP contribution in [0.3, 0.4) is 0 Å². The average Bonchev–Trinajstić information content (AvgIpc) is 2.37. The van der Waals surface area contributed by atoms with Crippen molar-refractivity contribution >= 4 is 23.7 Å². The molecule has 0 fully saturated rings. The van der Waals surface area contributed by atoms with Crippen molar-refractivity contribution in [3.8, 4) is 0 Å². The van der Waals surface area contributed by atoms with Crippen LogP contribution in [0.25, 0.3) is 0 Å². The second-order valence-electron chi connectivity index (χ2n) is 5.24. The zero-order chi connectivity index (χ0) is 16.2. The molecule has 21 heavy (non-hydrogen) atoms. The third-order valence-electron chi connectivity index (χ3n) is 2.39. The Labute approximate surface area is 127 Å². The molecule has 5 nitrogen and oxygen atoms in total. The molecular formula is C14H17ClFNO4. The maximum atomic E-state index is 13.9. The fraction of sp³-hybridized carbons (Fsp3) is 0.429. The highest BCUT2D eigenvalue weighted by Crippen LogP contribution is 2.23. The molecule has 1 aromatic rings. The van der Waals surface area contributed by atoms with E-state index in [0.717, 1.165) is 0 Å². The molecule has 0 unspecified atom stereocenters. The zero-order valence-electron chi connectivity index (χ0n) is 12.3. The number of carbonyl (C=O) groups excluding carboxylic acids is 2. The molecule has 0 saturated heterocycles. The first kappa shape index (κ1) is 17.2. The molecule has 0 radical (unpaired) electrons. The quantitative estimate of drug-likeness (QED) is 0.846. The van der Waals surface area contributed by atoms with E-state index in [2.05, 4.69) is 4.84 Å². The molecule has 0 saturated carbocycles. The predicted octanol–water partition coefficient (Wildman–Crippen LogP) is 3.64. The lowest BCUT2D eigenvalue weighted by molar-refractivity contribution is -0.00166. The lowest BCUT2D eigenvalue weighted by atomic mass is 10.0. The Balaban J connectivity index is 2.81.